The van der Waals surface area contributed by atoms with Crippen LogP contribution in [0.2, 0.25) is 0 Å². The van der Waals surface area contributed by atoms with Gasteiger partial charge in [0.25, 0.3) is 0 Å². The van der Waals surface area contributed by atoms with Crippen molar-refractivity contribution in [3.8, 4) is 0 Å². The fourth-order valence-electron chi connectivity index (χ4n) is 2.97. The van der Waals surface area contributed by atoms with E-state index in [0.717, 1.165) is 24.2 Å². The van der Waals surface area contributed by atoms with Crippen LogP contribution in [0.3, 0.4) is 0 Å². The van der Waals surface area contributed by atoms with E-state index in [1.807, 2.05) is 6.26 Å². The van der Waals surface area contributed by atoms with E-state index < -0.39 is 12.1 Å². The molecule has 1 saturated heterocycles. The highest BCUT2D eigenvalue weighted by Crippen LogP contribution is 2.31. The van der Waals surface area contributed by atoms with Crippen molar-refractivity contribution in [2.75, 3.05) is 25.1 Å². The molecule has 0 spiro atoms. The fraction of sp³-hybridized carbons (Fsp3) is 0.588. The summed E-state index contributed by atoms with van der Waals surface area (Å²) in [4.78, 5) is 14.1. The monoisotopic (exact) mass is 376 g/mol. The van der Waals surface area contributed by atoms with E-state index in [2.05, 4.69) is 0 Å². The number of rotatable bonds is 6. The van der Waals surface area contributed by atoms with Crippen LogP contribution in [0.5, 0.6) is 0 Å². The summed E-state index contributed by atoms with van der Waals surface area (Å²) in [5, 5.41) is 10.4. The normalized spacial score (nSPS) is 17.9. The Labute approximate surface area is 153 Å². The van der Waals surface area contributed by atoms with Crippen molar-refractivity contribution in [2.24, 2.45) is 11.7 Å². The van der Waals surface area contributed by atoms with Gasteiger partial charge in [-0.05, 0) is 54.9 Å². The number of hydrogen-bond donors (Lipinski definition) is 2. The van der Waals surface area contributed by atoms with Gasteiger partial charge in [0, 0.05) is 13.1 Å². The first-order valence-electron chi connectivity index (χ1n) is 7.99. The number of nitrogens with two attached hydrogens (primary N) is 1. The molecule has 0 saturated carbocycles. The van der Waals surface area contributed by atoms with Crippen LogP contribution >= 0.6 is 24.2 Å². The molecule has 1 fully saturated rings. The number of carbonyl (C=O) groups excluding carboxylic acids is 1. The molecule has 1 unspecified atom stereocenters. The highest BCUT2D eigenvalue weighted by molar-refractivity contribution is 7.98. The summed E-state index contributed by atoms with van der Waals surface area (Å²) in [5.74, 6) is 0.674. The third-order valence-corrected chi connectivity index (χ3v) is 5.10. The Morgan fingerprint density at radius 3 is 2.50 bits per heavy atom. The van der Waals surface area contributed by atoms with Gasteiger partial charge in [0.2, 0.25) is 5.91 Å². The zero-order chi connectivity index (χ0) is 16.8. The quantitative estimate of drug-likeness (QED) is 0.800. The molecule has 1 amide bonds. The van der Waals surface area contributed by atoms with E-state index in [9.17, 15) is 14.3 Å². The molecule has 136 valence electrons. The fourth-order valence-corrected chi connectivity index (χ4v) is 3.46. The van der Waals surface area contributed by atoms with Crippen LogP contribution in [0.1, 0.15) is 30.9 Å². The van der Waals surface area contributed by atoms with Crippen molar-refractivity contribution in [1.82, 2.24) is 4.90 Å². The van der Waals surface area contributed by atoms with E-state index in [-0.39, 0.29) is 30.0 Å². The summed E-state index contributed by atoms with van der Waals surface area (Å²) < 4.78 is 13.0. The van der Waals surface area contributed by atoms with Gasteiger partial charge < -0.3 is 15.7 Å². The Hall–Kier alpha value is -0.820. The molecule has 1 aliphatic heterocycles. The number of likely N-dealkylation sites (tertiary alicyclic amines) is 1. The van der Waals surface area contributed by atoms with Gasteiger partial charge in [0.05, 0.1) is 12.1 Å². The molecule has 1 aromatic rings. The molecule has 3 N–H and O–H groups in total. The highest BCUT2D eigenvalue weighted by Gasteiger charge is 2.30. The minimum Gasteiger partial charge on any atom is -0.388 e. The number of halogens is 2. The molecule has 0 bridgehead atoms. The van der Waals surface area contributed by atoms with E-state index in [0.29, 0.717) is 19.5 Å². The van der Waals surface area contributed by atoms with Crippen molar-refractivity contribution >= 4 is 30.1 Å². The molecular formula is C17H26ClFN2O2S. The number of thioether (sulfide) groups is 1. The van der Waals surface area contributed by atoms with Crippen LogP contribution in [-0.4, -0.2) is 47.1 Å². The predicted molar refractivity (Wildman–Crippen MR) is 98.9 cm³/mol. The van der Waals surface area contributed by atoms with Gasteiger partial charge in [-0.15, -0.1) is 12.4 Å². The molecule has 1 aromatic carbocycles. The Kier molecular flexibility index (Phi) is 9.05. The molecule has 2 rings (SSSR count). The second kappa shape index (κ2) is 10.2. The number of nitrogens with zero attached hydrogens (tertiary/aromatic N) is 1. The third kappa shape index (κ3) is 5.62. The maximum Gasteiger partial charge on any atom is 0.239 e. The maximum absolute atomic E-state index is 13.0. The van der Waals surface area contributed by atoms with E-state index in [1.54, 1.807) is 28.8 Å². The zero-order valence-corrected chi connectivity index (χ0v) is 15.5. The van der Waals surface area contributed by atoms with Gasteiger partial charge in [-0.1, -0.05) is 12.1 Å². The first kappa shape index (κ1) is 21.2. The average molecular weight is 377 g/mol. The third-order valence-electron chi connectivity index (χ3n) is 4.46. The molecule has 1 heterocycles. The van der Waals surface area contributed by atoms with Gasteiger partial charge in [-0.3, -0.25) is 4.79 Å². The van der Waals surface area contributed by atoms with Crippen LogP contribution in [0.25, 0.3) is 0 Å². The maximum atomic E-state index is 13.0. The Bertz CT molecular complexity index is 510. The van der Waals surface area contributed by atoms with Crippen LogP contribution in [0.4, 0.5) is 4.39 Å². The number of piperidine rings is 1. The lowest BCUT2D eigenvalue weighted by molar-refractivity contribution is -0.134. The van der Waals surface area contributed by atoms with E-state index in [1.165, 1.54) is 12.1 Å². The number of aliphatic hydroxyl groups excluding tert-OH is 1. The molecule has 0 aromatic heterocycles. The average Bonchev–Trinajstić information content (AvgIpc) is 2.59. The largest absolute Gasteiger partial charge is 0.388 e. The summed E-state index contributed by atoms with van der Waals surface area (Å²) in [7, 11) is 0. The summed E-state index contributed by atoms with van der Waals surface area (Å²) in [6.07, 6.45) is 3.55. The molecular weight excluding hydrogens is 351 g/mol. The lowest BCUT2D eigenvalue weighted by Crippen LogP contribution is -2.47. The molecule has 24 heavy (non-hydrogen) atoms. The van der Waals surface area contributed by atoms with Gasteiger partial charge in [-0.2, -0.15) is 11.8 Å². The highest BCUT2D eigenvalue weighted by atomic mass is 35.5. The number of hydrogen-bond acceptors (Lipinski definition) is 4. The topological polar surface area (TPSA) is 66.6 Å². The van der Waals surface area contributed by atoms with Crippen LogP contribution in [0.15, 0.2) is 24.3 Å². The molecule has 7 heteroatoms. The second-order valence-corrected chi connectivity index (χ2v) is 7.03. The van der Waals surface area contributed by atoms with Crippen LogP contribution in [-0.2, 0) is 4.79 Å². The molecule has 0 aliphatic carbocycles. The summed E-state index contributed by atoms with van der Waals surface area (Å²) >= 11 is 1.69. The lowest BCUT2D eigenvalue weighted by Gasteiger charge is -2.35. The summed E-state index contributed by atoms with van der Waals surface area (Å²) in [6, 6.07) is 5.54. The Morgan fingerprint density at radius 1 is 1.38 bits per heavy atom. The van der Waals surface area contributed by atoms with Crippen molar-refractivity contribution < 1.29 is 14.3 Å². The molecule has 0 radical (unpaired) electrons. The standard InChI is InChI=1S/C17H25FN2O2S.ClH/c1-23-11-8-15(19)17(22)20-9-6-13(7-10-20)16(21)12-2-4-14(18)5-3-12;/h2-5,13,15-16,21H,6-11,19H2,1H3;1H/t15-,16?;/m0./s1. The SMILES string of the molecule is CSCC[C@H](N)C(=O)N1CCC(C(O)c2ccc(F)cc2)CC1.Cl. The Morgan fingerprint density at radius 2 is 1.96 bits per heavy atom. The van der Waals surface area contributed by atoms with Gasteiger partial charge in [0.15, 0.2) is 0 Å². The zero-order valence-electron chi connectivity index (χ0n) is 13.9. The molecule has 2 atom stereocenters. The smallest absolute Gasteiger partial charge is 0.239 e. The molecule has 1 aliphatic rings. The van der Waals surface area contributed by atoms with Crippen molar-refractivity contribution in [3.05, 3.63) is 35.6 Å². The first-order chi connectivity index (χ1) is 11.0. The van der Waals surface area contributed by atoms with Gasteiger partial charge in [0.1, 0.15) is 5.82 Å². The van der Waals surface area contributed by atoms with Crippen LogP contribution < -0.4 is 5.73 Å². The minimum atomic E-state index is -0.613. The second-order valence-electron chi connectivity index (χ2n) is 6.05. The van der Waals surface area contributed by atoms with Crippen molar-refractivity contribution in [3.63, 3.8) is 0 Å². The molecule has 4 nitrogen and oxygen atoms in total. The lowest BCUT2D eigenvalue weighted by atomic mass is 9.87. The van der Waals surface area contributed by atoms with Gasteiger partial charge in [-0.25, -0.2) is 4.39 Å². The summed E-state index contributed by atoms with van der Waals surface area (Å²) in [6.45, 7) is 1.24. The van der Waals surface area contributed by atoms with Crippen molar-refractivity contribution in [1.29, 1.82) is 0 Å². The van der Waals surface area contributed by atoms with E-state index in [4.69, 9.17) is 5.73 Å². The van der Waals surface area contributed by atoms with E-state index >= 15 is 0 Å². The number of benzene rings is 1. The Balaban J connectivity index is 0.00000288. The number of amides is 1. The number of aliphatic hydroxyl groups is 1. The first-order valence-corrected chi connectivity index (χ1v) is 9.39. The summed E-state index contributed by atoms with van der Waals surface area (Å²) in [5.41, 5.74) is 6.67. The predicted octanol–water partition coefficient (Wildman–Crippen LogP) is 2.60. The van der Waals surface area contributed by atoms with Crippen molar-refractivity contribution in [2.45, 2.75) is 31.4 Å². The minimum absolute atomic E-state index is 0. The number of carbonyl (C=O) groups is 1. The van der Waals surface area contributed by atoms with Gasteiger partial charge >= 0.3 is 0 Å². The van der Waals surface area contributed by atoms with Crippen LogP contribution in [0, 0.1) is 11.7 Å².